The summed E-state index contributed by atoms with van der Waals surface area (Å²) in [5.41, 5.74) is -1.35. The molecule has 6 nitrogen and oxygen atoms in total. The van der Waals surface area contributed by atoms with Gasteiger partial charge in [-0.15, -0.1) is 0 Å². The molecule has 2 saturated heterocycles. The third-order valence-corrected chi connectivity index (χ3v) is 5.14. The van der Waals surface area contributed by atoms with Crippen molar-refractivity contribution in [3.05, 3.63) is 0 Å². The van der Waals surface area contributed by atoms with Crippen molar-refractivity contribution in [3.8, 4) is 0 Å². The average molecular weight is 295 g/mol. The minimum atomic E-state index is -1.35. The van der Waals surface area contributed by atoms with E-state index in [1.807, 2.05) is 6.92 Å². The van der Waals surface area contributed by atoms with Crippen LogP contribution >= 0.6 is 0 Å². The third kappa shape index (κ3) is 2.08. The van der Waals surface area contributed by atoms with Crippen molar-refractivity contribution < 1.29 is 24.2 Å². The number of ether oxygens (including phenoxy) is 1. The number of carboxylic acid groups (broad SMARTS) is 1. The first-order valence-corrected chi connectivity index (χ1v) is 7.74. The zero-order chi connectivity index (χ0) is 15.2. The van der Waals surface area contributed by atoms with Gasteiger partial charge in [0.1, 0.15) is 11.6 Å². The van der Waals surface area contributed by atoms with Crippen LogP contribution in [0.3, 0.4) is 0 Å². The molecule has 0 aromatic heterocycles. The molecule has 2 aliphatic heterocycles. The number of amides is 2. The van der Waals surface area contributed by atoms with Gasteiger partial charge in [-0.05, 0) is 32.6 Å². The van der Waals surface area contributed by atoms with Gasteiger partial charge in [0.25, 0.3) is 5.91 Å². The summed E-state index contributed by atoms with van der Waals surface area (Å²) in [5.74, 6) is -2.34. The summed E-state index contributed by atoms with van der Waals surface area (Å²) in [6.07, 6.45) is 3.62. The lowest BCUT2D eigenvalue weighted by atomic mass is 9.80. The predicted octanol–water partition coefficient (Wildman–Crippen LogP) is 1.33. The molecule has 1 N–H and O–H groups in total. The minimum absolute atomic E-state index is 0.0601. The molecule has 1 saturated carbocycles. The monoisotopic (exact) mass is 295 g/mol. The van der Waals surface area contributed by atoms with Gasteiger partial charge in [-0.1, -0.05) is 19.3 Å². The SMILES string of the molecule is CC1CCC2C(=O)N(C3(C(=O)O)CCCCC3)C(=O)C2O1. The van der Waals surface area contributed by atoms with Gasteiger partial charge >= 0.3 is 5.97 Å². The Morgan fingerprint density at radius 2 is 1.86 bits per heavy atom. The quantitative estimate of drug-likeness (QED) is 0.777. The number of carbonyl (C=O) groups excluding carboxylic acids is 2. The molecule has 6 heteroatoms. The van der Waals surface area contributed by atoms with Crippen molar-refractivity contribution in [2.45, 2.75) is 69.6 Å². The molecular weight excluding hydrogens is 274 g/mol. The highest BCUT2D eigenvalue weighted by atomic mass is 16.5. The van der Waals surface area contributed by atoms with E-state index in [0.29, 0.717) is 19.3 Å². The number of likely N-dealkylation sites (tertiary alicyclic amines) is 1. The van der Waals surface area contributed by atoms with Crippen molar-refractivity contribution in [3.63, 3.8) is 0 Å². The van der Waals surface area contributed by atoms with Crippen LogP contribution in [0.1, 0.15) is 51.9 Å². The summed E-state index contributed by atoms with van der Waals surface area (Å²) in [6.45, 7) is 1.88. The maximum Gasteiger partial charge on any atom is 0.330 e. The van der Waals surface area contributed by atoms with Gasteiger partial charge in [0.15, 0.2) is 0 Å². The molecule has 0 aromatic carbocycles. The molecule has 3 fully saturated rings. The van der Waals surface area contributed by atoms with Crippen LogP contribution in [0.15, 0.2) is 0 Å². The first-order chi connectivity index (χ1) is 9.97. The molecule has 0 spiro atoms. The topological polar surface area (TPSA) is 83.9 Å². The number of carboxylic acids is 1. The number of rotatable bonds is 2. The van der Waals surface area contributed by atoms with E-state index in [2.05, 4.69) is 0 Å². The molecule has 0 aromatic rings. The third-order valence-electron chi connectivity index (χ3n) is 5.14. The van der Waals surface area contributed by atoms with E-state index in [9.17, 15) is 19.5 Å². The number of imide groups is 1. The molecule has 0 bridgehead atoms. The molecule has 3 aliphatic rings. The van der Waals surface area contributed by atoms with E-state index < -0.39 is 29.4 Å². The lowest BCUT2D eigenvalue weighted by molar-refractivity contribution is -0.167. The predicted molar refractivity (Wildman–Crippen MR) is 72.4 cm³/mol. The molecule has 1 aliphatic carbocycles. The van der Waals surface area contributed by atoms with Crippen molar-refractivity contribution in [1.29, 1.82) is 0 Å². The van der Waals surface area contributed by atoms with Crippen LogP contribution in [0.25, 0.3) is 0 Å². The van der Waals surface area contributed by atoms with Crippen molar-refractivity contribution >= 4 is 17.8 Å². The first-order valence-electron chi connectivity index (χ1n) is 7.74. The maximum absolute atomic E-state index is 12.6. The standard InChI is InChI=1S/C15H21NO5/c1-9-5-6-10-11(21-9)13(18)16(12(10)17)15(14(19)20)7-3-2-4-8-15/h9-11H,2-8H2,1H3,(H,19,20). The second kappa shape index (κ2) is 5.09. The highest BCUT2D eigenvalue weighted by molar-refractivity contribution is 6.10. The molecule has 2 heterocycles. The number of nitrogens with zero attached hydrogens (tertiary/aromatic N) is 1. The Balaban J connectivity index is 1.95. The van der Waals surface area contributed by atoms with Crippen molar-refractivity contribution in [1.82, 2.24) is 4.90 Å². The van der Waals surface area contributed by atoms with Crippen molar-refractivity contribution in [2.75, 3.05) is 0 Å². The molecule has 2 amide bonds. The van der Waals surface area contributed by atoms with Gasteiger partial charge in [0.2, 0.25) is 5.91 Å². The number of fused-ring (bicyclic) bond motifs is 1. The van der Waals surface area contributed by atoms with Gasteiger partial charge in [-0.3, -0.25) is 14.5 Å². The van der Waals surface area contributed by atoms with Crippen LogP contribution in [-0.2, 0) is 19.1 Å². The van der Waals surface area contributed by atoms with E-state index in [0.717, 1.165) is 30.6 Å². The molecule has 116 valence electrons. The highest BCUT2D eigenvalue weighted by Gasteiger charge is 2.60. The Labute approximate surface area is 123 Å². The largest absolute Gasteiger partial charge is 0.479 e. The van der Waals surface area contributed by atoms with Gasteiger partial charge in [-0.25, -0.2) is 4.79 Å². The van der Waals surface area contributed by atoms with Crippen LogP contribution in [0.4, 0.5) is 0 Å². The van der Waals surface area contributed by atoms with Crippen LogP contribution in [0.2, 0.25) is 0 Å². The lowest BCUT2D eigenvalue weighted by Gasteiger charge is -2.39. The number of aliphatic carboxylic acids is 1. The van der Waals surface area contributed by atoms with Crippen LogP contribution in [0, 0.1) is 5.92 Å². The van der Waals surface area contributed by atoms with Crippen LogP contribution in [0.5, 0.6) is 0 Å². The molecular formula is C15H21NO5. The van der Waals surface area contributed by atoms with E-state index in [1.165, 1.54) is 0 Å². The lowest BCUT2D eigenvalue weighted by Crippen LogP contribution is -2.58. The Bertz CT molecular complexity index is 482. The number of hydrogen-bond acceptors (Lipinski definition) is 4. The van der Waals surface area contributed by atoms with Crippen LogP contribution < -0.4 is 0 Å². The van der Waals surface area contributed by atoms with E-state index in [4.69, 9.17) is 4.74 Å². The molecule has 0 radical (unpaired) electrons. The minimum Gasteiger partial charge on any atom is -0.479 e. The van der Waals surface area contributed by atoms with Crippen LogP contribution in [-0.4, -0.2) is 45.5 Å². The zero-order valence-electron chi connectivity index (χ0n) is 12.2. The van der Waals surface area contributed by atoms with Gasteiger partial charge < -0.3 is 9.84 Å². The fourth-order valence-electron chi connectivity index (χ4n) is 3.96. The van der Waals surface area contributed by atoms with E-state index in [-0.39, 0.29) is 12.0 Å². The summed E-state index contributed by atoms with van der Waals surface area (Å²) >= 11 is 0. The van der Waals surface area contributed by atoms with E-state index in [1.54, 1.807) is 0 Å². The summed E-state index contributed by atoms with van der Waals surface area (Å²) in [6, 6.07) is 0. The average Bonchev–Trinajstić information content (AvgIpc) is 2.71. The number of hydrogen-bond donors (Lipinski definition) is 1. The smallest absolute Gasteiger partial charge is 0.330 e. The fraction of sp³-hybridized carbons (Fsp3) is 0.800. The molecule has 3 atom stereocenters. The highest BCUT2D eigenvalue weighted by Crippen LogP contribution is 2.42. The van der Waals surface area contributed by atoms with Crippen molar-refractivity contribution in [2.24, 2.45) is 5.92 Å². The van der Waals surface area contributed by atoms with Gasteiger partial charge in [0.05, 0.1) is 12.0 Å². The van der Waals surface area contributed by atoms with Gasteiger partial charge in [-0.2, -0.15) is 0 Å². The molecule has 3 unspecified atom stereocenters. The maximum atomic E-state index is 12.6. The number of carbonyl (C=O) groups is 3. The normalized spacial score (nSPS) is 35.7. The Morgan fingerprint density at radius 1 is 1.19 bits per heavy atom. The fourth-order valence-corrected chi connectivity index (χ4v) is 3.96. The summed E-state index contributed by atoms with van der Waals surface area (Å²) in [5, 5.41) is 9.68. The summed E-state index contributed by atoms with van der Waals surface area (Å²) in [4.78, 5) is 38.1. The second-order valence-corrected chi connectivity index (χ2v) is 6.46. The second-order valence-electron chi connectivity index (χ2n) is 6.46. The Morgan fingerprint density at radius 3 is 2.48 bits per heavy atom. The first kappa shape index (κ1) is 14.5. The molecule has 21 heavy (non-hydrogen) atoms. The van der Waals surface area contributed by atoms with Gasteiger partial charge in [0, 0.05) is 0 Å². The molecule has 3 rings (SSSR count). The Hall–Kier alpha value is -1.43. The summed E-state index contributed by atoms with van der Waals surface area (Å²) in [7, 11) is 0. The van der Waals surface area contributed by atoms with E-state index >= 15 is 0 Å². The zero-order valence-corrected chi connectivity index (χ0v) is 12.2. The summed E-state index contributed by atoms with van der Waals surface area (Å²) < 4.78 is 5.63. The Kier molecular flexibility index (Phi) is 3.51.